The van der Waals surface area contributed by atoms with Crippen LogP contribution in [0.15, 0.2) is 22.7 Å². The monoisotopic (exact) mass is 327 g/mol. The predicted octanol–water partition coefficient (Wildman–Crippen LogP) is 4.93. The molecule has 0 fully saturated rings. The molecule has 1 N–H and O–H groups in total. The first-order chi connectivity index (χ1) is 9.08. The summed E-state index contributed by atoms with van der Waals surface area (Å²) in [4.78, 5) is 0. The highest BCUT2D eigenvalue weighted by Gasteiger charge is 2.13. The third-order valence-corrected chi connectivity index (χ3v) is 3.60. The molecule has 3 heteroatoms. The molecule has 1 atom stereocenters. The van der Waals surface area contributed by atoms with Crippen molar-refractivity contribution in [1.29, 1.82) is 0 Å². The highest BCUT2D eigenvalue weighted by atomic mass is 79.9. The maximum atomic E-state index is 5.69. The normalized spacial score (nSPS) is 12.7. The Morgan fingerprint density at radius 1 is 1.26 bits per heavy atom. The van der Waals surface area contributed by atoms with Crippen molar-refractivity contribution in [2.75, 3.05) is 13.2 Å². The van der Waals surface area contributed by atoms with Crippen molar-refractivity contribution in [3.8, 4) is 5.75 Å². The number of halogens is 1. The van der Waals surface area contributed by atoms with Crippen molar-refractivity contribution in [3.63, 3.8) is 0 Å². The molecule has 0 radical (unpaired) electrons. The fourth-order valence-electron chi connectivity index (χ4n) is 2.12. The van der Waals surface area contributed by atoms with Gasteiger partial charge in [0.15, 0.2) is 0 Å². The van der Waals surface area contributed by atoms with Crippen LogP contribution in [0.2, 0.25) is 0 Å². The summed E-state index contributed by atoms with van der Waals surface area (Å²) < 4.78 is 6.74. The van der Waals surface area contributed by atoms with E-state index in [2.05, 4.69) is 67.1 Å². The van der Waals surface area contributed by atoms with E-state index in [9.17, 15) is 0 Å². The van der Waals surface area contributed by atoms with Gasteiger partial charge in [0, 0.05) is 6.04 Å². The lowest BCUT2D eigenvalue weighted by molar-refractivity contribution is 0.315. The molecule has 19 heavy (non-hydrogen) atoms. The standard InChI is InChI=1S/C16H26BrNO/c1-5-9-19-16-8-7-13(11-14(16)17)15(18-6-2)10-12(3)4/h7-8,11-12,15,18H,5-6,9-10H2,1-4H3. The van der Waals surface area contributed by atoms with Crippen LogP contribution in [0, 0.1) is 5.92 Å². The van der Waals surface area contributed by atoms with Gasteiger partial charge in [-0.15, -0.1) is 0 Å². The van der Waals surface area contributed by atoms with Crippen molar-refractivity contribution in [2.45, 2.75) is 46.6 Å². The quantitative estimate of drug-likeness (QED) is 0.730. The minimum absolute atomic E-state index is 0.418. The van der Waals surface area contributed by atoms with E-state index in [1.807, 2.05) is 0 Å². The largest absolute Gasteiger partial charge is 0.492 e. The van der Waals surface area contributed by atoms with E-state index in [1.165, 1.54) is 5.56 Å². The van der Waals surface area contributed by atoms with Gasteiger partial charge in [0.25, 0.3) is 0 Å². The van der Waals surface area contributed by atoms with Gasteiger partial charge in [0.05, 0.1) is 11.1 Å². The number of hydrogen-bond donors (Lipinski definition) is 1. The number of benzene rings is 1. The molecule has 0 saturated heterocycles. The summed E-state index contributed by atoms with van der Waals surface area (Å²) in [6, 6.07) is 6.84. The zero-order valence-electron chi connectivity index (χ0n) is 12.5. The molecule has 108 valence electrons. The van der Waals surface area contributed by atoms with Crippen LogP contribution in [0.1, 0.15) is 52.1 Å². The Morgan fingerprint density at radius 2 is 2.00 bits per heavy atom. The van der Waals surface area contributed by atoms with Gasteiger partial charge < -0.3 is 10.1 Å². The molecule has 1 aromatic carbocycles. The first kappa shape index (κ1) is 16.5. The molecule has 0 saturated carbocycles. The number of rotatable bonds is 8. The highest BCUT2D eigenvalue weighted by Crippen LogP contribution is 2.30. The van der Waals surface area contributed by atoms with Gasteiger partial charge in [-0.3, -0.25) is 0 Å². The van der Waals surface area contributed by atoms with E-state index in [0.29, 0.717) is 12.0 Å². The molecule has 1 rings (SSSR count). The second-order valence-electron chi connectivity index (χ2n) is 5.28. The zero-order valence-corrected chi connectivity index (χ0v) is 14.1. The summed E-state index contributed by atoms with van der Waals surface area (Å²) in [5.41, 5.74) is 1.33. The molecule has 1 unspecified atom stereocenters. The molecule has 0 heterocycles. The third kappa shape index (κ3) is 5.53. The van der Waals surface area contributed by atoms with E-state index in [0.717, 1.165) is 36.2 Å². The van der Waals surface area contributed by atoms with Crippen LogP contribution in [0.5, 0.6) is 5.75 Å². The van der Waals surface area contributed by atoms with E-state index in [1.54, 1.807) is 0 Å². The maximum absolute atomic E-state index is 5.69. The first-order valence-corrected chi connectivity index (χ1v) is 8.03. The lowest BCUT2D eigenvalue weighted by Crippen LogP contribution is -2.22. The van der Waals surface area contributed by atoms with Crippen LogP contribution in [0.3, 0.4) is 0 Å². The zero-order chi connectivity index (χ0) is 14.3. The lowest BCUT2D eigenvalue weighted by Gasteiger charge is -2.21. The Kier molecular flexibility index (Phi) is 7.47. The minimum Gasteiger partial charge on any atom is -0.492 e. The van der Waals surface area contributed by atoms with Crippen molar-refractivity contribution < 1.29 is 4.74 Å². The second kappa shape index (κ2) is 8.60. The van der Waals surface area contributed by atoms with Crippen LogP contribution >= 0.6 is 15.9 Å². The highest BCUT2D eigenvalue weighted by molar-refractivity contribution is 9.10. The van der Waals surface area contributed by atoms with E-state index < -0.39 is 0 Å². The lowest BCUT2D eigenvalue weighted by atomic mass is 9.97. The Labute approximate surface area is 126 Å². The van der Waals surface area contributed by atoms with Crippen molar-refractivity contribution in [2.24, 2.45) is 5.92 Å². The maximum Gasteiger partial charge on any atom is 0.133 e. The second-order valence-corrected chi connectivity index (χ2v) is 6.13. The number of ether oxygens (including phenoxy) is 1. The van der Waals surface area contributed by atoms with Crippen LogP contribution < -0.4 is 10.1 Å². The molecule has 2 nitrogen and oxygen atoms in total. The SMILES string of the molecule is CCCOc1ccc(C(CC(C)C)NCC)cc1Br. The molecule has 0 aliphatic carbocycles. The van der Waals surface area contributed by atoms with Gasteiger partial charge in [0.1, 0.15) is 5.75 Å². The number of nitrogens with one attached hydrogen (secondary N) is 1. The Balaban J connectivity index is 2.83. The average molecular weight is 328 g/mol. The van der Waals surface area contributed by atoms with Crippen LogP contribution in [0.25, 0.3) is 0 Å². The smallest absolute Gasteiger partial charge is 0.133 e. The molecular formula is C16H26BrNO. The third-order valence-electron chi connectivity index (χ3n) is 2.98. The minimum atomic E-state index is 0.418. The van der Waals surface area contributed by atoms with Crippen LogP contribution in [-0.2, 0) is 0 Å². The average Bonchev–Trinajstić information content (AvgIpc) is 2.36. The fraction of sp³-hybridized carbons (Fsp3) is 0.625. The summed E-state index contributed by atoms with van der Waals surface area (Å²) in [5, 5.41) is 3.56. The van der Waals surface area contributed by atoms with Gasteiger partial charge in [-0.2, -0.15) is 0 Å². The van der Waals surface area contributed by atoms with Gasteiger partial charge in [-0.1, -0.05) is 33.8 Å². The summed E-state index contributed by atoms with van der Waals surface area (Å²) in [6.07, 6.45) is 2.18. The van der Waals surface area contributed by atoms with E-state index >= 15 is 0 Å². The molecule has 0 amide bonds. The van der Waals surface area contributed by atoms with Gasteiger partial charge in [-0.05, 0) is 58.9 Å². The molecule has 0 bridgehead atoms. The molecule has 0 aliphatic rings. The first-order valence-electron chi connectivity index (χ1n) is 7.24. The van der Waals surface area contributed by atoms with Gasteiger partial charge in [0.2, 0.25) is 0 Å². The molecule has 0 aliphatic heterocycles. The summed E-state index contributed by atoms with van der Waals surface area (Å²) >= 11 is 3.61. The van der Waals surface area contributed by atoms with Gasteiger partial charge >= 0.3 is 0 Å². The van der Waals surface area contributed by atoms with E-state index in [-0.39, 0.29) is 0 Å². The number of hydrogen-bond acceptors (Lipinski definition) is 2. The van der Waals surface area contributed by atoms with Gasteiger partial charge in [-0.25, -0.2) is 0 Å². The molecule has 0 aromatic heterocycles. The van der Waals surface area contributed by atoms with Crippen molar-refractivity contribution in [3.05, 3.63) is 28.2 Å². The van der Waals surface area contributed by atoms with Crippen LogP contribution in [0.4, 0.5) is 0 Å². The molecule has 0 spiro atoms. The Morgan fingerprint density at radius 3 is 2.53 bits per heavy atom. The summed E-state index contributed by atoms with van der Waals surface area (Å²) in [5.74, 6) is 1.62. The van der Waals surface area contributed by atoms with Crippen LogP contribution in [-0.4, -0.2) is 13.2 Å². The topological polar surface area (TPSA) is 21.3 Å². The van der Waals surface area contributed by atoms with Crippen molar-refractivity contribution >= 4 is 15.9 Å². The Bertz CT molecular complexity index is 379. The van der Waals surface area contributed by atoms with Crippen molar-refractivity contribution in [1.82, 2.24) is 5.32 Å². The predicted molar refractivity (Wildman–Crippen MR) is 85.8 cm³/mol. The summed E-state index contributed by atoms with van der Waals surface area (Å²) in [7, 11) is 0. The molecular weight excluding hydrogens is 302 g/mol. The fourth-order valence-corrected chi connectivity index (χ4v) is 2.63. The Hall–Kier alpha value is -0.540. The van der Waals surface area contributed by atoms with E-state index in [4.69, 9.17) is 4.74 Å². The molecule has 1 aromatic rings. The summed E-state index contributed by atoms with van der Waals surface area (Å²) in [6.45, 7) is 10.5.